The lowest BCUT2D eigenvalue weighted by molar-refractivity contribution is 0.477. The first-order chi connectivity index (χ1) is 4.67. The second-order valence-corrected chi connectivity index (χ2v) is 2.87. The summed E-state index contributed by atoms with van der Waals surface area (Å²) in [5.74, 6) is 0. The predicted octanol–water partition coefficient (Wildman–Crippen LogP) is 1.60. The molecule has 0 bridgehead atoms. The van der Waals surface area contributed by atoms with E-state index in [9.17, 15) is 0 Å². The molecule has 0 aliphatic rings. The van der Waals surface area contributed by atoms with Gasteiger partial charge < -0.3 is 10.7 Å². The zero-order valence-electron chi connectivity index (χ0n) is 6.52. The molecule has 0 spiro atoms. The average Bonchev–Trinajstić information content (AvgIpc) is 2.38. The topological polar surface area (TPSA) is 41.8 Å². The maximum Gasteiger partial charge on any atom is 0.0393 e. The van der Waals surface area contributed by atoms with E-state index in [0.717, 1.165) is 6.42 Å². The lowest BCUT2D eigenvalue weighted by Crippen LogP contribution is -2.31. The molecular formula is C8H14N2. The van der Waals surface area contributed by atoms with Gasteiger partial charge in [-0.2, -0.15) is 0 Å². The number of rotatable bonds is 2. The monoisotopic (exact) mass is 138 g/mol. The van der Waals surface area contributed by atoms with Gasteiger partial charge in [0.1, 0.15) is 0 Å². The van der Waals surface area contributed by atoms with Crippen LogP contribution in [0.2, 0.25) is 0 Å². The van der Waals surface area contributed by atoms with Crippen LogP contribution in [0.3, 0.4) is 0 Å². The van der Waals surface area contributed by atoms with Gasteiger partial charge in [0.05, 0.1) is 0 Å². The van der Waals surface area contributed by atoms with Crippen LogP contribution in [0.25, 0.3) is 0 Å². The lowest BCUT2D eigenvalue weighted by Gasteiger charge is -2.20. The molecule has 0 saturated carbocycles. The Kier molecular flexibility index (Phi) is 1.81. The van der Waals surface area contributed by atoms with E-state index in [1.54, 1.807) is 0 Å². The first-order valence-corrected chi connectivity index (χ1v) is 3.59. The molecule has 0 fully saturated rings. The predicted molar refractivity (Wildman–Crippen MR) is 42.6 cm³/mol. The summed E-state index contributed by atoms with van der Waals surface area (Å²) < 4.78 is 0. The number of nitrogens with two attached hydrogens (primary N) is 1. The summed E-state index contributed by atoms with van der Waals surface area (Å²) in [6, 6.07) is 2.02. The molecule has 0 aromatic carbocycles. The summed E-state index contributed by atoms with van der Waals surface area (Å²) in [6.07, 6.45) is 4.81. The molecule has 0 amide bonds. The van der Waals surface area contributed by atoms with Crippen molar-refractivity contribution in [2.45, 2.75) is 25.8 Å². The van der Waals surface area contributed by atoms with Gasteiger partial charge >= 0.3 is 0 Å². The first-order valence-electron chi connectivity index (χ1n) is 3.59. The summed E-state index contributed by atoms with van der Waals surface area (Å²) in [5.41, 5.74) is 6.97. The Morgan fingerprint density at radius 2 is 2.40 bits per heavy atom. The smallest absolute Gasteiger partial charge is 0.0393 e. The molecule has 1 aromatic heterocycles. The molecule has 2 nitrogen and oxygen atoms in total. The van der Waals surface area contributed by atoms with Crippen molar-refractivity contribution >= 4 is 0 Å². The van der Waals surface area contributed by atoms with Crippen molar-refractivity contribution in [3.8, 4) is 0 Å². The number of nitrogens with one attached hydrogen (secondary N) is 1. The maximum atomic E-state index is 5.96. The van der Waals surface area contributed by atoms with Gasteiger partial charge in [0.15, 0.2) is 0 Å². The van der Waals surface area contributed by atoms with Crippen LogP contribution in [-0.2, 0) is 5.54 Å². The molecule has 1 rings (SSSR count). The fraction of sp³-hybridized carbons (Fsp3) is 0.500. The van der Waals surface area contributed by atoms with Gasteiger partial charge in [-0.15, -0.1) is 0 Å². The maximum absolute atomic E-state index is 5.96. The average molecular weight is 138 g/mol. The molecular weight excluding hydrogens is 124 g/mol. The molecule has 2 heteroatoms. The van der Waals surface area contributed by atoms with Gasteiger partial charge in [-0.05, 0) is 25.0 Å². The number of hydrogen-bond donors (Lipinski definition) is 2. The highest BCUT2D eigenvalue weighted by molar-refractivity contribution is 5.18. The van der Waals surface area contributed by atoms with Gasteiger partial charge in [0.2, 0.25) is 0 Å². The van der Waals surface area contributed by atoms with Crippen LogP contribution >= 0.6 is 0 Å². The molecule has 1 heterocycles. The molecule has 0 aliphatic heterocycles. The molecule has 0 radical (unpaired) electrons. The minimum Gasteiger partial charge on any atom is -0.367 e. The Labute approximate surface area is 61.4 Å². The van der Waals surface area contributed by atoms with Crippen molar-refractivity contribution in [1.82, 2.24) is 4.98 Å². The van der Waals surface area contributed by atoms with E-state index in [-0.39, 0.29) is 5.54 Å². The van der Waals surface area contributed by atoms with Crippen molar-refractivity contribution < 1.29 is 0 Å². The summed E-state index contributed by atoms with van der Waals surface area (Å²) in [7, 11) is 0. The molecule has 3 N–H and O–H groups in total. The van der Waals surface area contributed by atoms with Crippen LogP contribution in [0.5, 0.6) is 0 Å². The van der Waals surface area contributed by atoms with Crippen molar-refractivity contribution in [3.63, 3.8) is 0 Å². The summed E-state index contributed by atoms with van der Waals surface area (Å²) >= 11 is 0. The first kappa shape index (κ1) is 7.35. The van der Waals surface area contributed by atoms with Crippen LogP contribution in [0, 0.1) is 0 Å². The van der Waals surface area contributed by atoms with Crippen molar-refractivity contribution in [2.75, 3.05) is 0 Å². The highest BCUT2D eigenvalue weighted by Crippen LogP contribution is 2.19. The van der Waals surface area contributed by atoms with E-state index in [1.165, 1.54) is 5.56 Å². The van der Waals surface area contributed by atoms with Gasteiger partial charge in [0.25, 0.3) is 0 Å². The van der Waals surface area contributed by atoms with Gasteiger partial charge in [-0.3, -0.25) is 0 Å². The molecule has 1 atom stereocenters. The molecule has 0 aliphatic carbocycles. The standard InChI is InChI=1S/C8H14N2/c1-3-8(2,9)7-4-5-10-6-7/h4-6,10H,3,9H2,1-2H3. The van der Waals surface area contributed by atoms with Crippen LogP contribution in [0.1, 0.15) is 25.8 Å². The summed E-state index contributed by atoms with van der Waals surface area (Å²) in [4.78, 5) is 2.99. The number of aromatic amines is 1. The van der Waals surface area contributed by atoms with Crippen molar-refractivity contribution in [3.05, 3.63) is 24.0 Å². The Morgan fingerprint density at radius 1 is 1.70 bits per heavy atom. The minimum absolute atomic E-state index is 0.167. The third-order valence-corrected chi connectivity index (χ3v) is 1.99. The van der Waals surface area contributed by atoms with Crippen LogP contribution in [0.15, 0.2) is 18.5 Å². The van der Waals surface area contributed by atoms with Crippen molar-refractivity contribution in [1.29, 1.82) is 0 Å². The highest BCUT2D eigenvalue weighted by Gasteiger charge is 2.17. The molecule has 10 heavy (non-hydrogen) atoms. The van der Waals surface area contributed by atoms with E-state index < -0.39 is 0 Å². The quantitative estimate of drug-likeness (QED) is 0.640. The number of hydrogen-bond acceptors (Lipinski definition) is 1. The van der Waals surface area contributed by atoms with Gasteiger partial charge in [-0.25, -0.2) is 0 Å². The van der Waals surface area contributed by atoms with Gasteiger partial charge in [0, 0.05) is 17.9 Å². The Hall–Kier alpha value is -0.760. The van der Waals surface area contributed by atoms with E-state index in [1.807, 2.05) is 25.4 Å². The van der Waals surface area contributed by atoms with Crippen LogP contribution < -0.4 is 5.73 Å². The molecule has 1 aromatic rings. The second kappa shape index (κ2) is 2.46. The molecule has 0 saturated heterocycles. The highest BCUT2D eigenvalue weighted by atomic mass is 14.7. The zero-order valence-corrected chi connectivity index (χ0v) is 6.52. The third-order valence-electron chi connectivity index (χ3n) is 1.99. The molecule has 1 unspecified atom stereocenters. The third kappa shape index (κ3) is 1.21. The molecule has 56 valence electrons. The SMILES string of the molecule is CCC(C)(N)c1cc[nH]c1. The van der Waals surface area contributed by atoms with E-state index >= 15 is 0 Å². The van der Waals surface area contributed by atoms with Crippen LogP contribution in [0.4, 0.5) is 0 Å². The Morgan fingerprint density at radius 3 is 2.80 bits per heavy atom. The van der Waals surface area contributed by atoms with Gasteiger partial charge in [-0.1, -0.05) is 6.92 Å². The summed E-state index contributed by atoms with van der Waals surface area (Å²) in [6.45, 7) is 4.13. The Balaban J connectivity index is 2.85. The zero-order chi connectivity index (χ0) is 7.61. The normalized spacial score (nSPS) is 16.7. The number of H-pyrrole nitrogens is 1. The largest absolute Gasteiger partial charge is 0.367 e. The Bertz CT molecular complexity index is 187. The summed E-state index contributed by atoms with van der Waals surface area (Å²) in [5, 5.41) is 0. The second-order valence-electron chi connectivity index (χ2n) is 2.87. The lowest BCUT2D eigenvalue weighted by atomic mass is 9.93. The fourth-order valence-corrected chi connectivity index (χ4v) is 0.883. The van der Waals surface area contributed by atoms with Crippen LogP contribution in [-0.4, -0.2) is 4.98 Å². The van der Waals surface area contributed by atoms with E-state index in [0.29, 0.717) is 0 Å². The fourth-order valence-electron chi connectivity index (χ4n) is 0.883. The number of aromatic nitrogens is 1. The minimum atomic E-state index is -0.167. The van der Waals surface area contributed by atoms with Crippen molar-refractivity contribution in [2.24, 2.45) is 5.73 Å². The van der Waals surface area contributed by atoms with E-state index in [2.05, 4.69) is 11.9 Å². The van der Waals surface area contributed by atoms with E-state index in [4.69, 9.17) is 5.73 Å².